The first kappa shape index (κ1) is 18.2. The van der Waals surface area contributed by atoms with E-state index in [1.807, 2.05) is 6.92 Å². The monoisotopic (exact) mass is 369 g/mol. The third-order valence-corrected chi connectivity index (χ3v) is 4.48. The van der Waals surface area contributed by atoms with Gasteiger partial charge in [-0.3, -0.25) is 4.79 Å². The maximum atomic E-state index is 12.6. The number of hydrogen-bond acceptors (Lipinski definition) is 5. The van der Waals surface area contributed by atoms with Crippen LogP contribution in [-0.2, 0) is 17.8 Å². The molecular formula is C16H18F3N5O2. The van der Waals surface area contributed by atoms with Gasteiger partial charge in [0.05, 0.1) is 0 Å². The van der Waals surface area contributed by atoms with Gasteiger partial charge in [-0.15, -0.1) is 18.3 Å². The molecule has 0 saturated carbocycles. The van der Waals surface area contributed by atoms with Gasteiger partial charge >= 0.3 is 6.36 Å². The van der Waals surface area contributed by atoms with E-state index in [0.717, 1.165) is 18.4 Å². The van der Waals surface area contributed by atoms with Crippen LogP contribution in [0.25, 0.3) is 0 Å². The van der Waals surface area contributed by atoms with Crippen molar-refractivity contribution in [1.29, 1.82) is 0 Å². The molecule has 0 bridgehead atoms. The lowest BCUT2D eigenvalue weighted by Crippen LogP contribution is -2.47. The number of amides is 1. The topological polar surface area (TPSA) is 73.1 Å². The van der Waals surface area contributed by atoms with E-state index in [1.165, 1.54) is 23.1 Å². The van der Waals surface area contributed by atoms with Gasteiger partial charge in [-0.25, -0.2) is 4.68 Å². The van der Waals surface area contributed by atoms with Crippen molar-refractivity contribution in [2.75, 3.05) is 6.54 Å². The molecule has 0 radical (unpaired) electrons. The van der Waals surface area contributed by atoms with Crippen LogP contribution in [0.5, 0.6) is 5.75 Å². The summed E-state index contributed by atoms with van der Waals surface area (Å²) in [7, 11) is 0. The van der Waals surface area contributed by atoms with Gasteiger partial charge in [0.15, 0.2) is 0 Å². The number of rotatable bonds is 5. The molecule has 0 N–H and O–H groups in total. The molecular weight excluding hydrogens is 351 g/mol. The fourth-order valence-electron chi connectivity index (χ4n) is 3.36. The van der Waals surface area contributed by atoms with E-state index >= 15 is 0 Å². The number of halogens is 3. The smallest absolute Gasteiger partial charge is 0.406 e. The summed E-state index contributed by atoms with van der Waals surface area (Å²) in [4.78, 5) is 14.4. The summed E-state index contributed by atoms with van der Waals surface area (Å²) in [6.45, 7) is 2.67. The average Bonchev–Trinajstić information content (AvgIpc) is 3.17. The van der Waals surface area contributed by atoms with E-state index in [1.54, 1.807) is 17.0 Å². The largest absolute Gasteiger partial charge is 0.573 e. The molecule has 1 atom stereocenters. The molecule has 10 heteroatoms. The van der Waals surface area contributed by atoms with Crippen molar-refractivity contribution in [1.82, 2.24) is 25.1 Å². The minimum atomic E-state index is -4.71. The fourth-order valence-corrected chi connectivity index (χ4v) is 3.36. The first-order valence-corrected chi connectivity index (χ1v) is 8.11. The number of alkyl halides is 3. The lowest BCUT2D eigenvalue weighted by Gasteiger charge is -2.35. The predicted octanol–water partition coefficient (Wildman–Crippen LogP) is 2.20. The standard InChI is InChI=1S/C16H18F3N5O2/c1-15(9-12-3-5-13(6-4-12)26-16(17,18)19)7-2-8-24(15)14(25)10-23-11-20-21-22-23/h3-6,11H,2,7-10H2,1H3. The molecule has 1 fully saturated rings. The summed E-state index contributed by atoms with van der Waals surface area (Å²) in [6.07, 6.45) is -1.11. The number of benzene rings is 1. The van der Waals surface area contributed by atoms with Crippen LogP contribution in [-0.4, -0.2) is 49.5 Å². The zero-order valence-electron chi connectivity index (χ0n) is 14.1. The van der Waals surface area contributed by atoms with E-state index in [0.29, 0.717) is 13.0 Å². The normalized spacial score (nSPS) is 20.4. The number of likely N-dealkylation sites (tertiary alicyclic amines) is 1. The van der Waals surface area contributed by atoms with Gasteiger partial charge in [-0.1, -0.05) is 12.1 Å². The Morgan fingerprint density at radius 3 is 2.65 bits per heavy atom. The number of carbonyl (C=O) groups excluding carboxylic acids is 1. The van der Waals surface area contributed by atoms with Crippen molar-refractivity contribution in [3.05, 3.63) is 36.2 Å². The Balaban J connectivity index is 1.67. The van der Waals surface area contributed by atoms with Crippen LogP contribution in [0.1, 0.15) is 25.3 Å². The second kappa shape index (κ2) is 6.93. The molecule has 1 unspecified atom stereocenters. The van der Waals surface area contributed by atoms with Gasteiger partial charge in [0.2, 0.25) is 5.91 Å². The number of nitrogens with zero attached hydrogens (tertiary/aromatic N) is 5. The molecule has 1 saturated heterocycles. The average molecular weight is 369 g/mol. The summed E-state index contributed by atoms with van der Waals surface area (Å²) in [5.74, 6) is -0.348. The highest BCUT2D eigenvalue weighted by Crippen LogP contribution is 2.33. The van der Waals surface area contributed by atoms with Crippen LogP contribution in [0.2, 0.25) is 0 Å². The predicted molar refractivity (Wildman–Crippen MR) is 84.0 cm³/mol. The highest BCUT2D eigenvalue weighted by Gasteiger charge is 2.39. The van der Waals surface area contributed by atoms with Gasteiger partial charge in [0, 0.05) is 12.1 Å². The van der Waals surface area contributed by atoms with Gasteiger partial charge in [-0.05, 0) is 54.3 Å². The lowest BCUT2D eigenvalue weighted by molar-refractivity contribution is -0.274. The minimum Gasteiger partial charge on any atom is -0.406 e. The van der Waals surface area contributed by atoms with Crippen LogP contribution in [0.15, 0.2) is 30.6 Å². The van der Waals surface area contributed by atoms with Gasteiger partial charge in [0.1, 0.15) is 18.6 Å². The molecule has 1 amide bonds. The maximum Gasteiger partial charge on any atom is 0.573 e. The first-order chi connectivity index (χ1) is 12.3. The number of aromatic nitrogens is 4. The molecule has 1 aliphatic heterocycles. The number of ether oxygens (including phenoxy) is 1. The van der Waals surface area contributed by atoms with Gasteiger partial charge in [-0.2, -0.15) is 0 Å². The van der Waals surface area contributed by atoms with Gasteiger partial charge in [0.25, 0.3) is 0 Å². The van der Waals surface area contributed by atoms with E-state index in [-0.39, 0.29) is 18.2 Å². The highest BCUT2D eigenvalue weighted by atomic mass is 19.4. The molecule has 1 aromatic carbocycles. The second-order valence-corrected chi connectivity index (χ2v) is 6.52. The van der Waals surface area contributed by atoms with Crippen LogP contribution in [0.3, 0.4) is 0 Å². The minimum absolute atomic E-state index is 0.0565. The van der Waals surface area contributed by atoms with E-state index < -0.39 is 11.9 Å². The third kappa shape index (κ3) is 4.30. The fraction of sp³-hybridized carbons (Fsp3) is 0.500. The Kier molecular flexibility index (Phi) is 4.84. The SMILES string of the molecule is CC1(Cc2ccc(OC(F)(F)F)cc2)CCCN1C(=O)Cn1cnnn1. The third-order valence-electron chi connectivity index (χ3n) is 4.48. The number of hydrogen-bond donors (Lipinski definition) is 0. The molecule has 26 heavy (non-hydrogen) atoms. The van der Waals surface area contributed by atoms with Crippen molar-refractivity contribution in [3.63, 3.8) is 0 Å². The van der Waals surface area contributed by atoms with Crippen LogP contribution in [0.4, 0.5) is 13.2 Å². The zero-order chi connectivity index (χ0) is 18.8. The van der Waals surface area contributed by atoms with Crippen molar-refractivity contribution in [2.24, 2.45) is 0 Å². The molecule has 1 aromatic heterocycles. The van der Waals surface area contributed by atoms with Crippen molar-refractivity contribution < 1.29 is 22.7 Å². The molecule has 2 aromatic rings. The summed E-state index contributed by atoms with van der Waals surface area (Å²) < 4.78 is 42.0. The van der Waals surface area contributed by atoms with Gasteiger partial charge < -0.3 is 9.64 Å². The van der Waals surface area contributed by atoms with Crippen molar-refractivity contribution in [3.8, 4) is 5.75 Å². The summed E-state index contributed by atoms with van der Waals surface area (Å²) in [5.41, 5.74) is 0.432. The van der Waals surface area contributed by atoms with E-state index in [9.17, 15) is 18.0 Å². The molecule has 3 rings (SSSR count). The molecule has 1 aliphatic rings. The molecule has 0 spiro atoms. The molecule has 2 heterocycles. The Morgan fingerprint density at radius 2 is 2.04 bits per heavy atom. The van der Waals surface area contributed by atoms with Crippen LogP contribution in [0, 0.1) is 0 Å². The van der Waals surface area contributed by atoms with Crippen LogP contribution < -0.4 is 4.74 Å². The Labute approximate surface area is 147 Å². The zero-order valence-corrected chi connectivity index (χ0v) is 14.1. The number of tetrazole rings is 1. The van der Waals surface area contributed by atoms with E-state index in [4.69, 9.17) is 0 Å². The Hall–Kier alpha value is -2.65. The molecule has 0 aliphatic carbocycles. The Morgan fingerprint density at radius 1 is 1.31 bits per heavy atom. The highest BCUT2D eigenvalue weighted by molar-refractivity contribution is 5.77. The van der Waals surface area contributed by atoms with Crippen molar-refractivity contribution >= 4 is 5.91 Å². The summed E-state index contributed by atoms with van der Waals surface area (Å²) in [5, 5.41) is 10.7. The maximum absolute atomic E-state index is 12.6. The summed E-state index contributed by atoms with van der Waals surface area (Å²) >= 11 is 0. The van der Waals surface area contributed by atoms with Crippen LogP contribution >= 0.6 is 0 Å². The first-order valence-electron chi connectivity index (χ1n) is 8.11. The lowest BCUT2D eigenvalue weighted by atomic mass is 9.90. The molecule has 140 valence electrons. The second-order valence-electron chi connectivity index (χ2n) is 6.52. The van der Waals surface area contributed by atoms with Crippen molar-refractivity contribution in [2.45, 2.75) is 44.6 Å². The van der Waals surface area contributed by atoms with E-state index in [2.05, 4.69) is 20.3 Å². The number of carbonyl (C=O) groups is 1. The molecule has 7 nitrogen and oxygen atoms in total. The summed E-state index contributed by atoms with van der Waals surface area (Å²) in [6, 6.07) is 5.76. The Bertz CT molecular complexity index is 748. The quantitative estimate of drug-likeness (QED) is 0.808.